The van der Waals surface area contributed by atoms with Crippen LogP contribution in [0.5, 0.6) is 0 Å². The van der Waals surface area contributed by atoms with Crippen LogP contribution in [-0.2, 0) is 9.59 Å². The van der Waals surface area contributed by atoms with Gasteiger partial charge in [-0.1, -0.05) is 23.7 Å². The number of benzene rings is 2. The molecule has 1 N–H and O–H groups in total. The zero-order chi connectivity index (χ0) is 17.1. The molecule has 0 saturated carbocycles. The van der Waals surface area contributed by atoms with Crippen LogP contribution in [0.25, 0.3) is 0 Å². The van der Waals surface area contributed by atoms with Crippen molar-refractivity contribution >= 4 is 46.6 Å². The normalized spacial score (nSPS) is 17.2. The monoisotopic (exact) mass is 360 g/mol. The van der Waals surface area contributed by atoms with Gasteiger partial charge in [0.1, 0.15) is 0 Å². The summed E-state index contributed by atoms with van der Waals surface area (Å²) in [6.45, 7) is 2.15. The van der Waals surface area contributed by atoms with E-state index >= 15 is 0 Å². The number of nitrogens with zero attached hydrogens (tertiary/aromatic N) is 1. The zero-order valence-electron chi connectivity index (χ0n) is 13.2. The summed E-state index contributed by atoms with van der Waals surface area (Å²) in [6.07, 6.45) is 0.780. The van der Waals surface area contributed by atoms with Gasteiger partial charge in [0.15, 0.2) is 0 Å². The molecule has 0 aromatic heterocycles. The number of carbonyl (C=O) groups excluding carboxylic acids is 2. The second-order valence-corrected chi connectivity index (χ2v) is 7.23. The maximum atomic E-state index is 12.7. The van der Waals surface area contributed by atoms with Crippen molar-refractivity contribution in [3.8, 4) is 0 Å². The van der Waals surface area contributed by atoms with E-state index in [1.165, 1.54) is 6.92 Å². The third kappa shape index (κ3) is 3.74. The van der Waals surface area contributed by atoms with Gasteiger partial charge in [-0.25, -0.2) is 0 Å². The molecule has 2 amide bonds. The molecular formula is C18H17ClN2O2S. The molecule has 0 radical (unpaired) electrons. The highest BCUT2D eigenvalue weighted by molar-refractivity contribution is 8.00. The molecule has 0 aliphatic carbocycles. The third-order valence-electron chi connectivity index (χ3n) is 3.75. The fourth-order valence-electron chi connectivity index (χ4n) is 2.66. The first-order valence-corrected chi connectivity index (χ1v) is 8.90. The molecule has 1 aliphatic rings. The first-order chi connectivity index (χ1) is 11.5. The second-order valence-electron chi connectivity index (χ2n) is 5.54. The first kappa shape index (κ1) is 16.9. The van der Waals surface area contributed by atoms with Crippen molar-refractivity contribution in [2.75, 3.05) is 16.8 Å². The Morgan fingerprint density at radius 3 is 2.58 bits per heavy atom. The van der Waals surface area contributed by atoms with Gasteiger partial charge in [0.25, 0.3) is 0 Å². The lowest BCUT2D eigenvalue weighted by Gasteiger charge is -2.18. The fourth-order valence-corrected chi connectivity index (χ4v) is 3.97. The van der Waals surface area contributed by atoms with Crippen molar-refractivity contribution in [3.63, 3.8) is 0 Å². The van der Waals surface area contributed by atoms with Crippen LogP contribution in [0.4, 0.5) is 11.4 Å². The molecule has 0 spiro atoms. The van der Waals surface area contributed by atoms with Gasteiger partial charge in [-0.2, -0.15) is 0 Å². The van der Waals surface area contributed by atoms with Gasteiger partial charge in [0.05, 0.1) is 16.0 Å². The molecule has 1 aliphatic heterocycles. The van der Waals surface area contributed by atoms with Gasteiger partial charge < -0.3 is 10.2 Å². The van der Waals surface area contributed by atoms with E-state index < -0.39 is 0 Å². The summed E-state index contributed by atoms with van der Waals surface area (Å²) < 4.78 is 0. The van der Waals surface area contributed by atoms with Crippen LogP contribution in [0.1, 0.15) is 13.3 Å². The Morgan fingerprint density at radius 1 is 1.21 bits per heavy atom. The molecule has 124 valence electrons. The van der Waals surface area contributed by atoms with E-state index in [2.05, 4.69) is 5.32 Å². The van der Waals surface area contributed by atoms with Crippen LogP contribution in [0, 0.1) is 0 Å². The van der Waals surface area contributed by atoms with Gasteiger partial charge in [0.2, 0.25) is 11.8 Å². The van der Waals surface area contributed by atoms with Crippen LogP contribution < -0.4 is 10.2 Å². The van der Waals surface area contributed by atoms with E-state index in [9.17, 15) is 9.59 Å². The fraction of sp³-hybridized carbons (Fsp3) is 0.222. The van der Waals surface area contributed by atoms with E-state index in [-0.39, 0.29) is 17.1 Å². The smallest absolute Gasteiger partial charge is 0.240 e. The van der Waals surface area contributed by atoms with Gasteiger partial charge in [-0.15, -0.1) is 11.8 Å². The number of anilines is 2. The summed E-state index contributed by atoms with van der Waals surface area (Å²) in [5.74, 6) is -0.0178. The van der Waals surface area contributed by atoms with E-state index in [0.29, 0.717) is 11.6 Å². The van der Waals surface area contributed by atoms with Gasteiger partial charge in [0, 0.05) is 24.1 Å². The molecule has 6 heteroatoms. The van der Waals surface area contributed by atoms with Crippen molar-refractivity contribution in [1.29, 1.82) is 0 Å². The van der Waals surface area contributed by atoms with Crippen molar-refractivity contribution < 1.29 is 9.59 Å². The number of halogens is 1. The quantitative estimate of drug-likeness (QED) is 0.889. The predicted octanol–water partition coefficient (Wildman–Crippen LogP) is 4.20. The maximum absolute atomic E-state index is 12.7. The molecular weight excluding hydrogens is 344 g/mol. The van der Waals surface area contributed by atoms with Gasteiger partial charge in [-0.3, -0.25) is 9.59 Å². The van der Waals surface area contributed by atoms with Gasteiger partial charge >= 0.3 is 0 Å². The van der Waals surface area contributed by atoms with E-state index in [1.54, 1.807) is 22.7 Å². The van der Waals surface area contributed by atoms with Crippen molar-refractivity contribution in [1.82, 2.24) is 0 Å². The molecule has 1 saturated heterocycles. The Labute approximate surface area is 150 Å². The maximum Gasteiger partial charge on any atom is 0.240 e. The molecule has 3 rings (SSSR count). The molecule has 1 unspecified atom stereocenters. The zero-order valence-corrected chi connectivity index (χ0v) is 14.7. The second kappa shape index (κ2) is 7.28. The third-order valence-corrected chi connectivity index (χ3v) is 5.34. The Bertz CT molecular complexity index is 764. The van der Waals surface area contributed by atoms with Crippen LogP contribution in [-0.4, -0.2) is 23.6 Å². The number of carbonyl (C=O) groups is 2. The minimum Gasteiger partial charge on any atom is -0.326 e. The molecule has 2 aromatic rings. The average Bonchev–Trinajstić information content (AvgIpc) is 2.90. The molecule has 1 heterocycles. The lowest BCUT2D eigenvalue weighted by molar-refractivity contribution is -0.116. The van der Waals surface area contributed by atoms with Crippen molar-refractivity contribution in [2.24, 2.45) is 0 Å². The van der Waals surface area contributed by atoms with Crippen molar-refractivity contribution in [2.45, 2.75) is 23.5 Å². The summed E-state index contributed by atoms with van der Waals surface area (Å²) in [5, 5.41) is 3.21. The lowest BCUT2D eigenvalue weighted by atomic mass is 10.3. The Hall–Kier alpha value is -1.98. The standard InChI is InChI=1S/C18H17ClN2O2S/c1-12(22)20-13-6-8-14(9-7-13)24-17-10-11-21(18(17)23)16-5-3-2-4-15(16)19/h2-9,17H,10-11H2,1H3,(H,20,22). The number of thioether (sulfide) groups is 1. The molecule has 4 nitrogen and oxygen atoms in total. The summed E-state index contributed by atoms with van der Waals surface area (Å²) in [4.78, 5) is 26.5. The highest BCUT2D eigenvalue weighted by Gasteiger charge is 2.34. The van der Waals surface area contributed by atoms with Crippen LogP contribution >= 0.6 is 23.4 Å². The SMILES string of the molecule is CC(=O)Nc1ccc(SC2CCN(c3ccccc3Cl)C2=O)cc1. The average molecular weight is 361 g/mol. The molecule has 0 bridgehead atoms. The number of nitrogens with one attached hydrogen (secondary N) is 1. The number of hydrogen-bond donors (Lipinski definition) is 1. The van der Waals surface area contributed by atoms with Gasteiger partial charge in [-0.05, 0) is 42.8 Å². The van der Waals surface area contributed by atoms with E-state index in [1.807, 2.05) is 42.5 Å². The van der Waals surface area contributed by atoms with Crippen LogP contribution in [0.2, 0.25) is 5.02 Å². The topological polar surface area (TPSA) is 49.4 Å². The summed E-state index contributed by atoms with van der Waals surface area (Å²) in [5.41, 5.74) is 1.52. The summed E-state index contributed by atoms with van der Waals surface area (Å²) in [7, 11) is 0. The molecule has 1 fully saturated rings. The largest absolute Gasteiger partial charge is 0.326 e. The minimum absolute atomic E-state index is 0.0824. The molecule has 1 atom stereocenters. The minimum atomic E-state index is -0.118. The van der Waals surface area contributed by atoms with E-state index in [4.69, 9.17) is 11.6 Å². The predicted molar refractivity (Wildman–Crippen MR) is 98.8 cm³/mol. The Morgan fingerprint density at radius 2 is 1.92 bits per heavy atom. The van der Waals surface area contributed by atoms with Crippen LogP contribution in [0.3, 0.4) is 0 Å². The summed E-state index contributed by atoms with van der Waals surface area (Å²) in [6, 6.07) is 14.9. The Balaban J connectivity index is 1.68. The summed E-state index contributed by atoms with van der Waals surface area (Å²) >= 11 is 7.75. The molecule has 2 aromatic carbocycles. The molecule has 24 heavy (non-hydrogen) atoms. The van der Waals surface area contributed by atoms with Crippen molar-refractivity contribution in [3.05, 3.63) is 53.6 Å². The highest BCUT2D eigenvalue weighted by atomic mass is 35.5. The first-order valence-electron chi connectivity index (χ1n) is 7.65. The number of amides is 2. The van der Waals surface area contributed by atoms with E-state index in [0.717, 1.165) is 22.7 Å². The number of para-hydroxylation sites is 1. The lowest BCUT2D eigenvalue weighted by Crippen LogP contribution is -2.28. The van der Waals surface area contributed by atoms with Crippen LogP contribution in [0.15, 0.2) is 53.4 Å². The Kier molecular flexibility index (Phi) is 5.11. The highest BCUT2D eigenvalue weighted by Crippen LogP contribution is 2.35. The number of hydrogen-bond acceptors (Lipinski definition) is 3. The number of rotatable bonds is 4.